The van der Waals surface area contributed by atoms with Gasteiger partial charge in [-0.15, -0.1) is 0 Å². The summed E-state index contributed by atoms with van der Waals surface area (Å²) in [7, 11) is 0. The van der Waals surface area contributed by atoms with Gasteiger partial charge in [0.05, 0.1) is 0 Å². The van der Waals surface area contributed by atoms with Crippen LogP contribution in [0.5, 0.6) is 0 Å². The molecular weight excluding hydrogens is 889 g/mol. The monoisotopic (exact) mass is 1020 g/mol. The van der Waals surface area contributed by atoms with Gasteiger partial charge in [0.15, 0.2) is 6.10 Å². The first-order chi connectivity index (χ1) is 35.1. The second kappa shape index (κ2) is 57.1. The highest BCUT2D eigenvalue weighted by Gasteiger charge is 2.19. The van der Waals surface area contributed by atoms with Crippen LogP contribution in [0.2, 0.25) is 0 Å². The SMILES string of the molecule is CCC(C)CCCCCCCCCCC(=O)OC[C@H](COC(=O)CCCCCCCCCCCCCCCCCCCCC(C)C)OC(=O)CCCCCCCCCCCCCCCCCCCCC(C)C. The largest absolute Gasteiger partial charge is 0.462 e. The standard InChI is InChI=1S/C66H128O6/c1-7-62(6)54-48-42-36-32-33-38-44-50-56-65(68)71-59-63(72-66(69)57-51-45-39-31-27-23-19-15-11-9-13-17-21-25-29-35-41-47-53-61(4)5)58-70-64(67)55-49-43-37-30-26-22-18-14-10-8-12-16-20-24-28-34-40-46-52-60(2)3/h60-63H,7-59H2,1-6H3/t62?,63-/m0/s1. The molecular formula is C66H128O6. The van der Waals surface area contributed by atoms with Gasteiger partial charge >= 0.3 is 17.9 Å². The fourth-order valence-electron chi connectivity index (χ4n) is 10.2. The first-order valence-corrected chi connectivity index (χ1v) is 32.6. The van der Waals surface area contributed by atoms with E-state index in [1.165, 1.54) is 250 Å². The number of carbonyl (C=O) groups excluding carboxylic acids is 3. The molecule has 0 aromatic carbocycles. The summed E-state index contributed by atoms with van der Waals surface area (Å²) >= 11 is 0. The maximum absolute atomic E-state index is 12.9. The summed E-state index contributed by atoms with van der Waals surface area (Å²) in [5, 5.41) is 0. The Kier molecular flexibility index (Phi) is 55.9. The lowest BCUT2D eigenvalue weighted by Gasteiger charge is -2.18. The van der Waals surface area contributed by atoms with Gasteiger partial charge in [-0.3, -0.25) is 14.4 Å². The molecule has 6 nitrogen and oxygen atoms in total. The lowest BCUT2D eigenvalue weighted by Crippen LogP contribution is -2.30. The van der Waals surface area contributed by atoms with E-state index in [-0.39, 0.29) is 31.1 Å². The number of esters is 3. The van der Waals surface area contributed by atoms with Crippen molar-refractivity contribution in [2.45, 2.75) is 375 Å². The van der Waals surface area contributed by atoms with Crippen LogP contribution in [0.1, 0.15) is 369 Å². The molecule has 0 rings (SSSR count). The maximum atomic E-state index is 12.9. The predicted octanol–water partition coefficient (Wildman–Crippen LogP) is 21.8. The van der Waals surface area contributed by atoms with E-state index >= 15 is 0 Å². The minimum Gasteiger partial charge on any atom is -0.462 e. The maximum Gasteiger partial charge on any atom is 0.306 e. The first kappa shape index (κ1) is 70.4. The quantitative estimate of drug-likeness (QED) is 0.0343. The molecule has 1 unspecified atom stereocenters. The van der Waals surface area contributed by atoms with Crippen molar-refractivity contribution in [1.82, 2.24) is 0 Å². The van der Waals surface area contributed by atoms with E-state index < -0.39 is 6.10 Å². The van der Waals surface area contributed by atoms with Crippen molar-refractivity contribution in [2.75, 3.05) is 13.2 Å². The van der Waals surface area contributed by atoms with Crippen LogP contribution in [0.3, 0.4) is 0 Å². The normalized spacial score (nSPS) is 12.5. The topological polar surface area (TPSA) is 78.9 Å². The molecule has 0 fully saturated rings. The average Bonchev–Trinajstić information content (AvgIpc) is 3.36. The van der Waals surface area contributed by atoms with Crippen LogP contribution in [0.25, 0.3) is 0 Å². The molecule has 0 amide bonds. The Morgan fingerprint density at radius 1 is 0.278 bits per heavy atom. The van der Waals surface area contributed by atoms with Crippen molar-refractivity contribution in [2.24, 2.45) is 17.8 Å². The molecule has 6 heteroatoms. The van der Waals surface area contributed by atoms with E-state index in [4.69, 9.17) is 14.2 Å². The molecule has 0 N–H and O–H groups in total. The van der Waals surface area contributed by atoms with E-state index in [2.05, 4.69) is 41.5 Å². The van der Waals surface area contributed by atoms with Gasteiger partial charge < -0.3 is 14.2 Å². The third-order valence-corrected chi connectivity index (χ3v) is 15.5. The van der Waals surface area contributed by atoms with E-state index in [0.717, 1.165) is 75.5 Å². The number of hydrogen-bond donors (Lipinski definition) is 0. The van der Waals surface area contributed by atoms with Crippen molar-refractivity contribution in [3.63, 3.8) is 0 Å². The van der Waals surface area contributed by atoms with Crippen LogP contribution in [0.4, 0.5) is 0 Å². The van der Waals surface area contributed by atoms with Gasteiger partial charge in [0.2, 0.25) is 0 Å². The van der Waals surface area contributed by atoms with Crippen LogP contribution < -0.4 is 0 Å². The Morgan fingerprint density at radius 3 is 0.722 bits per heavy atom. The van der Waals surface area contributed by atoms with E-state index in [1.807, 2.05) is 0 Å². The van der Waals surface area contributed by atoms with E-state index in [0.29, 0.717) is 19.3 Å². The van der Waals surface area contributed by atoms with Crippen LogP contribution >= 0.6 is 0 Å². The smallest absolute Gasteiger partial charge is 0.306 e. The summed E-state index contributed by atoms with van der Waals surface area (Å²) in [5.74, 6) is 1.73. The number of ether oxygens (including phenoxy) is 3. The fourth-order valence-corrected chi connectivity index (χ4v) is 10.2. The molecule has 72 heavy (non-hydrogen) atoms. The molecule has 0 aromatic rings. The first-order valence-electron chi connectivity index (χ1n) is 32.6. The van der Waals surface area contributed by atoms with Gasteiger partial charge in [-0.25, -0.2) is 0 Å². The Labute approximate surface area is 450 Å². The number of unbranched alkanes of at least 4 members (excludes halogenated alkanes) is 41. The number of carbonyl (C=O) groups is 3. The zero-order chi connectivity index (χ0) is 52.6. The molecule has 2 atom stereocenters. The molecule has 0 saturated carbocycles. The highest BCUT2D eigenvalue weighted by Crippen LogP contribution is 2.20. The third-order valence-electron chi connectivity index (χ3n) is 15.5. The average molecular weight is 1020 g/mol. The molecule has 428 valence electrons. The van der Waals surface area contributed by atoms with Crippen molar-refractivity contribution >= 4 is 17.9 Å². The number of rotatable bonds is 59. The second-order valence-electron chi connectivity index (χ2n) is 24.0. The molecule has 0 spiro atoms. The fraction of sp³-hybridized carbons (Fsp3) is 0.955. The highest BCUT2D eigenvalue weighted by molar-refractivity contribution is 5.71. The molecule has 0 saturated heterocycles. The van der Waals surface area contributed by atoms with Crippen LogP contribution in [-0.2, 0) is 28.6 Å². The Balaban J connectivity index is 4.23. The van der Waals surface area contributed by atoms with Crippen LogP contribution in [-0.4, -0.2) is 37.2 Å². The lowest BCUT2D eigenvalue weighted by atomic mass is 9.99. The van der Waals surface area contributed by atoms with Gasteiger partial charge in [0.25, 0.3) is 0 Å². The Hall–Kier alpha value is -1.59. The number of hydrogen-bond acceptors (Lipinski definition) is 6. The zero-order valence-corrected chi connectivity index (χ0v) is 49.7. The molecule has 0 heterocycles. The summed E-state index contributed by atoms with van der Waals surface area (Å²) in [6, 6.07) is 0. The zero-order valence-electron chi connectivity index (χ0n) is 49.7. The van der Waals surface area contributed by atoms with E-state index in [9.17, 15) is 14.4 Å². The predicted molar refractivity (Wildman–Crippen MR) is 312 cm³/mol. The van der Waals surface area contributed by atoms with Gasteiger partial charge in [-0.05, 0) is 37.0 Å². The summed E-state index contributed by atoms with van der Waals surface area (Å²) in [6.07, 6.45) is 62.5. The van der Waals surface area contributed by atoms with Crippen LogP contribution in [0, 0.1) is 17.8 Å². The second-order valence-corrected chi connectivity index (χ2v) is 24.0. The van der Waals surface area contributed by atoms with E-state index in [1.54, 1.807) is 0 Å². The van der Waals surface area contributed by atoms with Crippen molar-refractivity contribution in [3.05, 3.63) is 0 Å². The molecule has 0 radical (unpaired) electrons. The van der Waals surface area contributed by atoms with Gasteiger partial charge in [-0.2, -0.15) is 0 Å². The van der Waals surface area contributed by atoms with Crippen molar-refractivity contribution in [3.8, 4) is 0 Å². The van der Waals surface area contributed by atoms with Crippen molar-refractivity contribution in [1.29, 1.82) is 0 Å². The third kappa shape index (κ3) is 57.7. The summed E-state index contributed by atoms with van der Waals surface area (Å²) in [6.45, 7) is 13.8. The Bertz CT molecular complexity index is 1120. The molecule has 0 aromatic heterocycles. The van der Waals surface area contributed by atoms with Gasteiger partial charge in [0, 0.05) is 19.3 Å². The molecule has 0 bridgehead atoms. The highest BCUT2D eigenvalue weighted by atomic mass is 16.6. The van der Waals surface area contributed by atoms with Gasteiger partial charge in [-0.1, -0.05) is 330 Å². The minimum atomic E-state index is -0.765. The lowest BCUT2D eigenvalue weighted by molar-refractivity contribution is -0.167. The summed E-state index contributed by atoms with van der Waals surface area (Å²) in [5.41, 5.74) is 0. The molecule has 0 aliphatic carbocycles. The summed E-state index contributed by atoms with van der Waals surface area (Å²) in [4.78, 5) is 38.3. The molecule has 0 aliphatic rings. The Morgan fingerprint density at radius 2 is 0.486 bits per heavy atom. The minimum absolute atomic E-state index is 0.0628. The summed E-state index contributed by atoms with van der Waals surface area (Å²) < 4.78 is 17.0. The van der Waals surface area contributed by atoms with Gasteiger partial charge in [0.1, 0.15) is 13.2 Å². The van der Waals surface area contributed by atoms with Crippen molar-refractivity contribution < 1.29 is 28.6 Å². The molecule has 0 aliphatic heterocycles. The van der Waals surface area contributed by atoms with Crippen LogP contribution in [0.15, 0.2) is 0 Å².